The van der Waals surface area contributed by atoms with Gasteiger partial charge in [0.1, 0.15) is 12.4 Å². The Bertz CT molecular complexity index is 1330. The molecule has 5 nitrogen and oxygen atoms in total. The first kappa shape index (κ1) is 26.8. The van der Waals surface area contributed by atoms with Gasteiger partial charge in [0.15, 0.2) is 11.5 Å². The van der Waals surface area contributed by atoms with Crippen LogP contribution in [0.1, 0.15) is 23.6 Å². The lowest BCUT2D eigenvalue weighted by Gasteiger charge is -2.16. The maximum Gasteiger partial charge on any atom is 0.293 e. The zero-order valence-electron chi connectivity index (χ0n) is 18.9. The average molecular weight is 658 g/mol. The van der Waals surface area contributed by atoms with E-state index < -0.39 is 5.82 Å². The van der Waals surface area contributed by atoms with Crippen LogP contribution in [0.3, 0.4) is 0 Å². The van der Waals surface area contributed by atoms with Crippen LogP contribution in [-0.4, -0.2) is 22.7 Å². The van der Waals surface area contributed by atoms with E-state index in [-0.39, 0.29) is 34.9 Å². The minimum atomic E-state index is -0.457. The largest absolute Gasteiger partial charge is 0.490 e. The molecule has 0 radical (unpaired) electrons. The third-order valence-electron chi connectivity index (χ3n) is 5.18. The van der Waals surface area contributed by atoms with Crippen LogP contribution < -0.4 is 9.47 Å². The van der Waals surface area contributed by atoms with Gasteiger partial charge in [0, 0.05) is 10.6 Å². The summed E-state index contributed by atoms with van der Waals surface area (Å²) in [5.74, 6) is 0.0390. The van der Waals surface area contributed by atoms with Gasteiger partial charge in [-0.2, -0.15) is 0 Å². The van der Waals surface area contributed by atoms with Gasteiger partial charge in [-0.1, -0.05) is 41.4 Å². The first-order chi connectivity index (χ1) is 17.3. The van der Waals surface area contributed by atoms with Crippen molar-refractivity contribution in [3.8, 4) is 11.5 Å². The summed E-state index contributed by atoms with van der Waals surface area (Å²) in [5, 5.41) is 0.508. The predicted molar refractivity (Wildman–Crippen MR) is 149 cm³/mol. The molecule has 1 aliphatic heterocycles. The number of halogens is 4. The van der Waals surface area contributed by atoms with Crippen LogP contribution in [0.15, 0.2) is 59.5 Å². The molecule has 1 heterocycles. The molecule has 0 spiro atoms. The lowest BCUT2D eigenvalue weighted by atomic mass is 10.1. The smallest absolute Gasteiger partial charge is 0.293 e. The molecule has 0 unspecified atom stereocenters. The number of ether oxygens (including phenoxy) is 2. The van der Waals surface area contributed by atoms with Crippen molar-refractivity contribution in [2.24, 2.45) is 0 Å². The summed E-state index contributed by atoms with van der Waals surface area (Å²) in [6, 6.07) is 15.0. The Balaban J connectivity index is 1.57. The molecular weight excluding hydrogens is 639 g/mol. The Morgan fingerprint density at radius 3 is 2.53 bits per heavy atom. The summed E-state index contributed by atoms with van der Waals surface area (Å²) in [6.45, 7) is 2.28. The van der Waals surface area contributed by atoms with Gasteiger partial charge in [0.05, 0.1) is 26.6 Å². The van der Waals surface area contributed by atoms with E-state index in [0.29, 0.717) is 37.2 Å². The second kappa shape index (κ2) is 11.9. The molecule has 0 bridgehead atoms. The molecule has 2 amide bonds. The van der Waals surface area contributed by atoms with Gasteiger partial charge in [-0.05, 0) is 94.9 Å². The third-order valence-corrected chi connectivity index (χ3v) is 7.49. The second-order valence-corrected chi connectivity index (χ2v) is 10.6. The van der Waals surface area contributed by atoms with E-state index >= 15 is 0 Å². The fraction of sp³-hybridized carbons (Fsp3) is 0.154. The highest BCUT2D eigenvalue weighted by Crippen LogP contribution is 2.38. The monoisotopic (exact) mass is 657 g/mol. The van der Waals surface area contributed by atoms with Crippen molar-refractivity contribution in [3.05, 3.63) is 95.6 Å². The number of benzene rings is 3. The van der Waals surface area contributed by atoms with Crippen LogP contribution in [-0.2, 0) is 17.9 Å². The predicted octanol–water partition coefficient (Wildman–Crippen LogP) is 7.95. The van der Waals surface area contributed by atoms with Crippen molar-refractivity contribution >= 4 is 74.8 Å². The number of carbonyl (C=O) groups is 2. The Kier molecular flexibility index (Phi) is 8.82. The molecule has 1 fully saturated rings. The van der Waals surface area contributed by atoms with Gasteiger partial charge in [-0.3, -0.25) is 14.5 Å². The molecule has 0 atom stereocenters. The van der Waals surface area contributed by atoms with Crippen LogP contribution in [0.25, 0.3) is 6.08 Å². The molecule has 0 N–H and O–H groups in total. The number of imide groups is 1. The molecule has 0 aromatic heterocycles. The van der Waals surface area contributed by atoms with Gasteiger partial charge < -0.3 is 9.47 Å². The fourth-order valence-electron chi connectivity index (χ4n) is 3.45. The maximum absolute atomic E-state index is 14.2. The minimum Gasteiger partial charge on any atom is -0.490 e. The molecule has 1 saturated heterocycles. The van der Waals surface area contributed by atoms with Crippen LogP contribution >= 0.6 is 57.6 Å². The lowest BCUT2D eigenvalue weighted by molar-refractivity contribution is -0.123. The Labute approximate surface area is 235 Å². The van der Waals surface area contributed by atoms with E-state index in [4.69, 9.17) is 32.7 Å². The summed E-state index contributed by atoms with van der Waals surface area (Å²) in [4.78, 5) is 27.0. The summed E-state index contributed by atoms with van der Waals surface area (Å²) in [5.41, 5.74) is 1.71. The fourth-order valence-corrected chi connectivity index (χ4v) is 5.41. The summed E-state index contributed by atoms with van der Waals surface area (Å²) >= 11 is 15.0. The second-order valence-electron chi connectivity index (χ2n) is 7.65. The van der Waals surface area contributed by atoms with Gasteiger partial charge in [-0.25, -0.2) is 4.39 Å². The molecule has 3 aromatic carbocycles. The summed E-state index contributed by atoms with van der Waals surface area (Å²) in [6.07, 6.45) is 1.65. The highest BCUT2D eigenvalue weighted by atomic mass is 127. The number of nitrogens with zero attached hydrogens (tertiary/aromatic N) is 1. The normalized spacial score (nSPS) is 14.6. The van der Waals surface area contributed by atoms with E-state index in [0.717, 1.165) is 17.3 Å². The highest BCUT2D eigenvalue weighted by molar-refractivity contribution is 14.1. The van der Waals surface area contributed by atoms with Crippen molar-refractivity contribution in [2.75, 3.05) is 6.61 Å². The van der Waals surface area contributed by atoms with Crippen molar-refractivity contribution in [1.29, 1.82) is 0 Å². The van der Waals surface area contributed by atoms with Crippen molar-refractivity contribution in [1.82, 2.24) is 4.90 Å². The Hall–Kier alpha value is -2.27. The lowest BCUT2D eigenvalue weighted by Crippen LogP contribution is -2.27. The zero-order chi connectivity index (χ0) is 25.8. The number of rotatable bonds is 8. The van der Waals surface area contributed by atoms with Gasteiger partial charge in [0.25, 0.3) is 11.1 Å². The number of amides is 2. The number of carbonyl (C=O) groups excluding carboxylic acids is 2. The van der Waals surface area contributed by atoms with Crippen molar-refractivity contribution < 1.29 is 23.5 Å². The first-order valence-corrected chi connectivity index (χ1v) is 13.4. The maximum atomic E-state index is 14.2. The van der Waals surface area contributed by atoms with Crippen molar-refractivity contribution in [3.63, 3.8) is 0 Å². The molecule has 0 aliphatic carbocycles. The van der Waals surface area contributed by atoms with Crippen LogP contribution in [0.5, 0.6) is 11.5 Å². The highest BCUT2D eigenvalue weighted by Gasteiger charge is 2.35. The van der Waals surface area contributed by atoms with Crippen LogP contribution in [0, 0.1) is 9.39 Å². The van der Waals surface area contributed by atoms with E-state index in [2.05, 4.69) is 22.6 Å². The van der Waals surface area contributed by atoms with E-state index in [1.165, 1.54) is 17.0 Å². The van der Waals surface area contributed by atoms with Gasteiger partial charge in [-0.15, -0.1) is 0 Å². The molecule has 10 heteroatoms. The molecule has 1 aliphatic rings. The summed E-state index contributed by atoms with van der Waals surface area (Å²) < 4.78 is 26.5. The number of hydrogen-bond acceptors (Lipinski definition) is 5. The number of thioether (sulfide) groups is 1. The SMILES string of the molecule is CCOc1cc(/C=C2\SC(=O)N(Cc3ccc(Cl)cc3)C2=O)cc(I)c1OCc1c(F)cccc1Cl. The molecule has 0 saturated carbocycles. The Morgan fingerprint density at radius 1 is 1.08 bits per heavy atom. The van der Waals surface area contributed by atoms with Gasteiger partial charge >= 0.3 is 0 Å². The Morgan fingerprint density at radius 2 is 1.83 bits per heavy atom. The third kappa shape index (κ3) is 6.16. The van der Waals surface area contributed by atoms with Crippen LogP contribution in [0.2, 0.25) is 10.0 Å². The summed E-state index contributed by atoms with van der Waals surface area (Å²) in [7, 11) is 0. The van der Waals surface area contributed by atoms with E-state index in [1.807, 2.05) is 6.92 Å². The zero-order valence-corrected chi connectivity index (χ0v) is 23.4. The average Bonchev–Trinajstić information content (AvgIpc) is 3.09. The standard InChI is InChI=1S/C26H19Cl2FINO4S/c1-2-34-22-11-16(10-21(30)24(22)35-14-18-19(28)4-3-5-20(18)29)12-23-25(32)31(26(33)36-23)13-15-6-8-17(27)9-7-15/h3-12H,2,13-14H2,1H3/b23-12-. The van der Waals surface area contributed by atoms with E-state index in [9.17, 15) is 14.0 Å². The molecule has 3 aromatic rings. The molecule has 36 heavy (non-hydrogen) atoms. The van der Waals surface area contributed by atoms with Gasteiger partial charge in [0.2, 0.25) is 0 Å². The molecule has 4 rings (SSSR count). The van der Waals surface area contributed by atoms with Crippen molar-refractivity contribution in [2.45, 2.75) is 20.1 Å². The number of hydrogen-bond donors (Lipinski definition) is 0. The van der Waals surface area contributed by atoms with E-state index in [1.54, 1.807) is 48.5 Å². The van der Waals surface area contributed by atoms with Crippen LogP contribution in [0.4, 0.5) is 9.18 Å². The minimum absolute atomic E-state index is 0.0789. The topological polar surface area (TPSA) is 55.8 Å². The molecule has 186 valence electrons. The quantitative estimate of drug-likeness (QED) is 0.182. The molecular formula is C26H19Cl2FINO4S. The first-order valence-electron chi connectivity index (χ1n) is 10.8.